The number of nitrogens with one attached hydrogen (secondary N) is 1. The van der Waals surface area contributed by atoms with Crippen LogP contribution in [0.4, 0.5) is 15.8 Å². The lowest BCUT2D eigenvalue weighted by molar-refractivity contribution is -0.385. The first kappa shape index (κ1) is 16.9. The van der Waals surface area contributed by atoms with Crippen LogP contribution in [0, 0.1) is 27.3 Å². The SMILES string of the molecule is CC(C)C(C)(C)CNc1cc(C(=O)O)c([N+](=O)[O-])cc1F. The van der Waals surface area contributed by atoms with Crippen LogP contribution in [0.25, 0.3) is 0 Å². The van der Waals surface area contributed by atoms with Gasteiger partial charge in [0.05, 0.1) is 16.7 Å². The van der Waals surface area contributed by atoms with Crippen LogP contribution in [0.3, 0.4) is 0 Å². The van der Waals surface area contributed by atoms with E-state index in [-0.39, 0.29) is 11.1 Å². The number of nitro benzene ring substituents is 1. The Balaban J connectivity index is 3.12. The zero-order valence-corrected chi connectivity index (χ0v) is 12.4. The maximum Gasteiger partial charge on any atom is 0.342 e. The smallest absolute Gasteiger partial charge is 0.342 e. The zero-order valence-electron chi connectivity index (χ0n) is 12.4. The molecular weight excluding hydrogens is 279 g/mol. The van der Waals surface area contributed by atoms with Crippen LogP contribution in [-0.4, -0.2) is 22.5 Å². The van der Waals surface area contributed by atoms with E-state index in [1.165, 1.54) is 0 Å². The normalized spacial score (nSPS) is 11.5. The molecule has 1 aromatic rings. The molecule has 0 bridgehead atoms. The molecule has 21 heavy (non-hydrogen) atoms. The maximum absolute atomic E-state index is 13.9. The van der Waals surface area contributed by atoms with E-state index in [2.05, 4.69) is 5.32 Å². The topological polar surface area (TPSA) is 92.5 Å². The van der Waals surface area contributed by atoms with Gasteiger partial charge in [-0.25, -0.2) is 9.18 Å². The Morgan fingerprint density at radius 3 is 2.48 bits per heavy atom. The summed E-state index contributed by atoms with van der Waals surface area (Å²) in [5.41, 5.74) is -1.48. The van der Waals surface area contributed by atoms with Crippen molar-refractivity contribution >= 4 is 17.3 Å². The van der Waals surface area contributed by atoms with Crippen LogP contribution in [0.1, 0.15) is 38.1 Å². The van der Waals surface area contributed by atoms with Crippen LogP contribution in [-0.2, 0) is 0 Å². The first-order valence-electron chi connectivity index (χ1n) is 6.51. The molecule has 0 fully saturated rings. The first-order valence-corrected chi connectivity index (χ1v) is 6.51. The monoisotopic (exact) mass is 298 g/mol. The van der Waals surface area contributed by atoms with Crippen molar-refractivity contribution < 1.29 is 19.2 Å². The highest BCUT2D eigenvalue weighted by Crippen LogP contribution is 2.29. The molecule has 0 aliphatic carbocycles. The van der Waals surface area contributed by atoms with Crippen LogP contribution < -0.4 is 5.32 Å². The summed E-state index contributed by atoms with van der Waals surface area (Å²) in [6, 6.07) is 1.60. The van der Waals surface area contributed by atoms with Crippen molar-refractivity contribution in [1.82, 2.24) is 0 Å². The number of hydrogen-bond acceptors (Lipinski definition) is 4. The highest BCUT2D eigenvalue weighted by molar-refractivity contribution is 5.93. The van der Waals surface area contributed by atoms with Gasteiger partial charge in [-0.3, -0.25) is 10.1 Å². The van der Waals surface area contributed by atoms with E-state index in [4.69, 9.17) is 5.11 Å². The van der Waals surface area contributed by atoms with Crippen molar-refractivity contribution in [2.75, 3.05) is 11.9 Å². The molecular formula is C14H19FN2O4. The van der Waals surface area contributed by atoms with Gasteiger partial charge in [0.25, 0.3) is 5.69 Å². The van der Waals surface area contributed by atoms with Crippen molar-refractivity contribution in [3.8, 4) is 0 Å². The highest BCUT2D eigenvalue weighted by atomic mass is 19.1. The van der Waals surface area contributed by atoms with Crippen LogP contribution in [0.15, 0.2) is 12.1 Å². The second-order valence-corrected chi connectivity index (χ2v) is 5.91. The summed E-state index contributed by atoms with van der Waals surface area (Å²) in [6.07, 6.45) is 0. The number of halogens is 1. The quantitative estimate of drug-likeness (QED) is 0.619. The number of hydrogen-bond donors (Lipinski definition) is 2. The van der Waals surface area contributed by atoms with Crippen LogP contribution >= 0.6 is 0 Å². The molecule has 0 aromatic heterocycles. The van der Waals surface area contributed by atoms with Crippen LogP contribution in [0.2, 0.25) is 0 Å². The fraction of sp³-hybridized carbons (Fsp3) is 0.500. The Bertz CT molecular complexity index is 570. The molecule has 0 saturated carbocycles. The Labute approximate surface area is 122 Å². The van der Waals surface area contributed by atoms with Crippen LogP contribution in [0.5, 0.6) is 0 Å². The number of carbonyl (C=O) groups is 1. The second kappa shape index (κ2) is 6.07. The molecule has 7 heteroatoms. The largest absolute Gasteiger partial charge is 0.477 e. The molecule has 0 saturated heterocycles. The molecule has 0 unspecified atom stereocenters. The average molecular weight is 298 g/mol. The minimum absolute atomic E-state index is 0.0493. The van der Waals surface area contributed by atoms with Gasteiger partial charge in [0.1, 0.15) is 5.56 Å². The van der Waals surface area contributed by atoms with E-state index in [1.54, 1.807) is 0 Å². The number of nitro groups is 1. The lowest BCUT2D eigenvalue weighted by Crippen LogP contribution is -2.28. The van der Waals surface area contributed by atoms with Gasteiger partial charge in [0, 0.05) is 6.54 Å². The first-order chi connectivity index (χ1) is 9.56. The minimum atomic E-state index is -1.46. The summed E-state index contributed by atoms with van der Waals surface area (Å²) in [7, 11) is 0. The van der Waals surface area contributed by atoms with E-state index in [0.717, 1.165) is 6.07 Å². The standard InChI is InChI=1S/C14H19FN2O4/c1-8(2)14(3,4)7-16-11-5-9(13(18)19)12(17(20)21)6-10(11)15/h5-6,8,16H,7H2,1-4H3,(H,18,19). The van der Waals surface area contributed by atoms with Gasteiger partial charge >= 0.3 is 5.97 Å². The molecule has 0 atom stereocenters. The third-order valence-corrected chi connectivity index (χ3v) is 3.81. The summed E-state index contributed by atoms with van der Waals surface area (Å²) >= 11 is 0. The molecule has 116 valence electrons. The fourth-order valence-corrected chi connectivity index (χ4v) is 1.55. The number of carboxylic acids is 1. The molecule has 0 spiro atoms. The molecule has 0 aliphatic rings. The number of aromatic carboxylic acids is 1. The van der Waals surface area contributed by atoms with E-state index in [9.17, 15) is 19.3 Å². The van der Waals surface area contributed by atoms with Gasteiger partial charge in [0.2, 0.25) is 0 Å². The van der Waals surface area contributed by atoms with E-state index in [1.807, 2.05) is 27.7 Å². The highest BCUT2D eigenvalue weighted by Gasteiger charge is 2.26. The Kier molecular flexibility index (Phi) is 4.88. The van der Waals surface area contributed by atoms with Crippen molar-refractivity contribution in [2.24, 2.45) is 11.3 Å². The minimum Gasteiger partial charge on any atom is -0.477 e. The second-order valence-electron chi connectivity index (χ2n) is 5.91. The van der Waals surface area contributed by atoms with Gasteiger partial charge in [-0.2, -0.15) is 0 Å². The number of rotatable bonds is 6. The number of nitrogens with zero attached hydrogens (tertiary/aromatic N) is 1. The molecule has 0 radical (unpaired) electrons. The number of carboxylic acid groups (broad SMARTS) is 1. The predicted octanol–water partition coefficient (Wildman–Crippen LogP) is 3.53. The van der Waals surface area contributed by atoms with E-state index >= 15 is 0 Å². The van der Waals surface area contributed by atoms with Crippen molar-refractivity contribution in [1.29, 1.82) is 0 Å². The van der Waals surface area contributed by atoms with Gasteiger partial charge < -0.3 is 10.4 Å². The van der Waals surface area contributed by atoms with Gasteiger partial charge in [0.15, 0.2) is 5.82 Å². The maximum atomic E-state index is 13.9. The van der Waals surface area contributed by atoms with Gasteiger partial charge in [-0.05, 0) is 17.4 Å². The Morgan fingerprint density at radius 1 is 1.48 bits per heavy atom. The van der Waals surface area contributed by atoms with Crippen molar-refractivity contribution in [2.45, 2.75) is 27.7 Å². The number of anilines is 1. The summed E-state index contributed by atoms with van der Waals surface area (Å²) in [5, 5.41) is 22.6. The fourth-order valence-electron chi connectivity index (χ4n) is 1.55. The third kappa shape index (κ3) is 3.90. The third-order valence-electron chi connectivity index (χ3n) is 3.81. The van der Waals surface area contributed by atoms with E-state index < -0.39 is 28.0 Å². The Hall–Kier alpha value is -2.18. The molecule has 1 rings (SSSR count). The lowest BCUT2D eigenvalue weighted by Gasteiger charge is -2.30. The molecule has 0 amide bonds. The van der Waals surface area contributed by atoms with Crippen molar-refractivity contribution in [3.63, 3.8) is 0 Å². The summed E-state index contributed by atoms with van der Waals surface area (Å²) in [4.78, 5) is 20.9. The summed E-state index contributed by atoms with van der Waals surface area (Å²) < 4.78 is 13.9. The molecule has 6 nitrogen and oxygen atoms in total. The average Bonchev–Trinajstić information content (AvgIpc) is 2.36. The molecule has 0 aliphatic heterocycles. The molecule has 2 N–H and O–H groups in total. The lowest BCUT2D eigenvalue weighted by atomic mass is 9.81. The summed E-state index contributed by atoms with van der Waals surface area (Å²) in [5.74, 6) is -1.98. The zero-order chi connectivity index (χ0) is 16.4. The Morgan fingerprint density at radius 2 is 2.05 bits per heavy atom. The van der Waals surface area contributed by atoms with Gasteiger partial charge in [-0.15, -0.1) is 0 Å². The van der Waals surface area contributed by atoms with E-state index in [0.29, 0.717) is 18.5 Å². The predicted molar refractivity (Wildman–Crippen MR) is 77.1 cm³/mol. The van der Waals surface area contributed by atoms with Gasteiger partial charge in [-0.1, -0.05) is 27.7 Å². The summed E-state index contributed by atoms with van der Waals surface area (Å²) in [6.45, 7) is 8.45. The molecule has 1 aromatic carbocycles. The molecule has 0 heterocycles. The van der Waals surface area contributed by atoms with Crippen molar-refractivity contribution in [3.05, 3.63) is 33.6 Å². The number of benzene rings is 1.